The van der Waals surface area contributed by atoms with Crippen LogP contribution in [0.25, 0.3) is 33.5 Å². The summed E-state index contributed by atoms with van der Waals surface area (Å²) < 4.78 is 30.9. The van der Waals surface area contributed by atoms with E-state index in [0.717, 1.165) is 22.4 Å². The van der Waals surface area contributed by atoms with Gasteiger partial charge in [-0.25, -0.2) is 0 Å². The van der Waals surface area contributed by atoms with E-state index in [-0.39, 0.29) is 35.7 Å². The molecule has 2 aliphatic rings. The average Bonchev–Trinajstić information content (AvgIpc) is 3.89. The Kier molecular flexibility index (Phi) is 7.57. The molecule has 0 saturated carbocycles. The van der Waals surface area contributed by atoms with E-state index >= 15 is 0 Å². The van der Waals surface area contributed by atoms with Crippen molar-refractivity contribution in [2.24, 2.45) is 14.0 Å². The molecule has 0 saturated heterocycles. The van der Waals surface area contributed by atoms with Gasteiger partial charge in [-0.1, -0.05) is 144 Å². The standard InChI is InChI=1S/C53H58N4O/c1-49(2,3)33-25-38-39-26-34(50(4,5)6)28-43(52(10,11)12)47(39)53(46(38)42(27-33)51(7,8)9)40-22-21-37(58-36-18-15-17-35(29-36)56-24-23-54(13)31-56)30-45(40)57-32-55(14)44-20-16-19-41(53)48(44)57/h15-30H,1-14H3/i13D,14D. The third-order valence-electron chi connectivity index (χ3n) is 12.4. The number of hydrogen-bond donors (Lipinski definition) is 0. The largest absolute Gasteiger partial charge is 0.459 e. The number of aryl methyl sites for hydroxylation is 2. The summed E-state index contributed by atoms with van der Waals surface area (Å²) in [5, 5.41) is 0. The number of hydrogen-bond acceptors (Lipinski definition) is 1. The van der Waals surface area contributed by atoms with Gasteiger partial charge in [-0.15, -0.1) is 0 Å². The number of fused-ring (bicyclic) bond motifs is 9. The maximum absolute atomic E-state index is 8.69. The van der Waals surface area contributed by atoms with Crippen LogP contribution in [0.5, 0.6) is 11.5 Å². The number of benzene rings is 5. The van der Waals surface area contributed by atoms with E-state index in [9.17, 15) is 0 Å². The molecular weight excluding hydrogens is 709 g/mol. The highest BCUT2D eigenvalue weighted by molar-refractivity contribution is 5.97. The zero-order valence-electron chi connectivity index (χ0n) is 38.3. The maximum atomic E-state index is 8.69. The Bertz CT molecular complexity index is 2790. The van der Waals surface area contributed by atoms with E-state index in [2.05, 4.69) is 161 Å². The smallest absolute Gasteiger partial charge is 0.244 e. The molecule has 5 nitrogen and oxygen atoms in total. The maximum Gasteiger partial charge on any atom is 0.244 e. The van der Waals surface area contributed by atoms with Crippen LogP contribution in [0.3, 0.4) is 0 Å². The van der Waals surface area contributed by atoms with Gasteiger partial charge in [0.25, 0.3) is 0 Å². The van der Waals surface area contributed by atoms with Gasteiger partial charge in [-0.2, -0.15) is 0 Å². The van der Waals surface area contributed by atoms with E-state index < -0.39 is 5.41 Å². The van der Waals surface area contributed by atoms with Gasteiger partial charge in [0.15, 0.2) is 0 Å². The van der Waals surface area contributed by atoms with Crippen molar-refractivity contribution in [3.8, 4) is 34.0 Å². The molecule has 296 valence electrons. The lowest BCUT2D eigenvalue weighted by molar-refractivity contribution is -0.649. The number of rotatable bonds is 3. The van der Waals surface area contributed by atoms with Crippen molar-refractivity contribution in [1.29, 1.82) is 0 Å². The molecule has 7 aromatic rings. The number of aromatic nitrogens is 4. The fraction of sp³-hybridized carbons (Fsp3) is 0.358. The predicted molar refractivity (Wildman–Crippen MR) is 235 cm³/mol. The van der Waals surface area contributed by atoms with Crippen LogP contribution in [-0.4, -0.2) is 9.13 Å². The van der Waals surface area contributed by atoms with Crippen LogP contribution in [0, 0.1) is 12.7 Å². The second-order valence-corrected chi connectivity index (χ2v) is 20.7. The molecule has 5 heteroatoms. The molecule has 0 N–H and O–H groups in total. The Morgan fingerprint density at radius 3 is 1.83 bits per heavy atom. The van der Waals surface area contributed by atoms with Gasteiger partial charge >= 0.3 is 0 Å². The Labute approximate surface area is 348 Å². The number of imidazole rings is 2. The summed E-state index contributed by atoms with van der Waals surface area (Å²) in [5.41, 5.74) is 15.8. The molecule has 0 unspecified atom stereocenters. The van der Waals surface area contributed by atoms with Crippen LogP contribution in [0.2, 0.25) is 0 Å². The van der Waals surface area contributed by atoms with Gasteiger partial charge < -0.3 is 23.0 Å². The van der Waals surface area contributed by atoms with Crippen LogP contribution in [-0.2, 0) is 41.1 Å². The number of nitrogens with zero attached hydrogens (tertiary/aromatic N) is 4. The van der Waals surface area contributed by atoms with E-state index in [1.54, 1.807) is 4.57 Å². The summed E-state index contributed by atoms with van der Waals surface area (Å²) in [4.78, 5) is 0. The van der Waals surface area contributed by atoms with Crippen molar-refractivity contribution < 1.29 is 16.6 Å². The lowest BCUT2D eigenvalue weighted by Gasteiger charge is -2.45. The zero-order chi connectivity index (χ0) is 42.9. The Morgan fingerprint density at radius 2 is 1.26 bits per heavy atom. The summed E-state index contributed by atoms with van der Waals surface area (Å²) in [6.45, 7) is 28.2. The molecule has 9 rings (SSSR count). The highest BCUT2D eigenvalue weighted by Gasteiger charge is 2.54. The lowest BCUT2D eigenvalue weighted by Crippen LogP contribution is -2.38. The minimum absolute atomic E-state index is 0.0481. The van der Waals surface area contributed by atoms with Crippen molar-refractivity contribution in [1.82, 2.24) is 9.13 Å². The second-order valence-electron chi connectivity index (χ2n) is 20.7. The van der Waals surface area contributed by atoms with Gasteiger partial charge in [0.1, 0.15) is 11.5 Å². The van der Waals surface area contributed by atoms with Gasteiger partial charge in [-0.05, 0) is 102 Å². The topological polar surface area (TPSA) is 26.8 Å². The van der Waals surface area contributed by atoms with Crippen LogP contribution < -0.4 is 13.9 Å². The minimum atomic E-state index is -0.699. The monoisotopic (exact) mass is 768 g/mol. The molecule has 1 aliphatic heterocycles. The summed E-state index contributed by atoms with van der Waals surface area (Å²) in [6.07, 6.45) is 10.6. The van der Waals surface area contributed by atoms with Gasteiger partial charge in [-0.3, -0.25) is 0 Å². The third kappa shape index (κ3) is 5.63. The van der Waals surface area contributed by atoms with Crippen molar-refractivity contribution in [2.45, 2.75) is 110 Å². The van der Waals surface area contributed by atoms with E-state index in [4.69, 9.17) is 7.48 Å². The van der Waals surface area contributed by atoms with Gasteiger partial charge in [0.2, 0.25) is 12.7 Å². The van der Waals surface area contributed by atoms with E-state index in [1.807, 2.05) is 45.8 Å². The second kappa shape index (κ2) is 12.3. The molecule has 1 aliphatic carbocycles. The average molecular weight is 769 g/mol. The summed E-state index contributed by atoms with van der Waals surface area (Å²) in [6, 6.07) is 31.3. The fourth-order valence-corrected chi connectivity index (χ4v) is 9.47. The summed E-state index contributed by atoms with van der Waals surface area (Å²) >= 11 is 0. The molecule has 0 amide bonds. The van der Waals surface area contributed by atoms with E-state index in [1.165, 1.54) is 55.6 Å². The number of para-hydroxylation sites is 1. The normalized spacial score (nSPS) is 15.0. The Morgan fingerprint density at radius 1 is 0.638 bits per heavy atom. The molecule has 3 heterocycles. The highest BCUT2D eigenvalue weighted by atomic mass is 16.5. The molecule has 0 radical (unpaired) electrons. The molecule has 0 atom stereocenters. The molecule has 1 spiro atoms. The van der Waals surface area contributed by atoms with E-state index in [0.29, 0.717) is 11.5 Å². The van der Waals surface area contributed by atoms with Gasteiger partial charge in [0, 0.05) is 12.4 Å². The molecule has 58 heavy (non-hydrogen) atoms. The van der Waals surface area contributed by atoms with Crippen LogP contribution in [0.15, 0.2) is 97.3 Å². The van der Waals surface area contributed by atoms with Crippen LogP contribution in [0.1, 0.15) is 130 Å². The number of ether oxygens (including phenoxy) is 1. The SMILES string of the molecule is [2H]Cn1[c-][n+](-c2cccc(Oc3ccc4c(c3)-n3[c-][n+](C[2H])c5cccc(c53)C43c4c(cc(C(C)(C)C)cc4C(C)(C)C)-c4cc(C(C)(C)C)cc(C(C)(C)C)c43)c2)cc1. The lowest BCUT2D eigenvalue weighted by atomic mass is 9.60. The van der Waals surface area contributed by atoms with Crippen molar-refractivity contribution >= 4 is 11.0 Å². The molecular formula is C53H58N4O. The first-order chi connectivity index (χ1) is 28.2. The highest BCUT2D eigenvalue weighted by Crippen LogP contribution is 2.64. The first kappa shape index (κ1) is 35.7. The molecule has 0 fully saturated rings. The molecule has 5 aromatic carbocycles. The fourth-order valence-electron chi connectivity index (χ4n) is 9.47. The predicted octanol–water partition coefficient (Wildman–Crippen LogP) is 11.3. The van der Waals surface area contributed by atoms with Gasteiger partial charge in [0.05, 0.1) is 44.6 Å². The van der Waals surface area contributed by atoms with Crippen molar-refractivity contribution in [3.63, 3.8) is 0 Å². The quantitative estimate of drug-likeness (QED) is 0.130. The first-order valence-corrected chi connectivity index (χ1v) is 20.5. The first-order valence-electron chi connectivity index (χ1n) is 22.0. The zero-order valence-corrected chi connectivity index (χ0v) is 36.3. The Hall–Kier alpha value is -5.42. The van der Waals surface area contributed by atoms with Crippen LogP contribution in [0.4, 0.5) is 0 Å². The summed E-state index contributed by atoms with van der Waals surface area (Å²) in [7, 11) is 0.151. The summed E-state index contributed by atoms with van der Waals surface area (Å²) in [5.74, 6) is 1.41. The van der Waals surface area contributed by atoms with Crippen LogP contribution >= 0.6 is 0 Å². The molecule has 2 aromatic heterocycles. The van der Waals surface area contributed by atoms with Crippen molar-refractivity contribution in [3.05, 3.63) is 154 Å². The molecule has 0 bridgehead atoms. The Balaban J connectivity index is 1.41. The minimum Gasteiger partial charge on any atom is -0.459 e. The van der Waals surface area contributed by atoms with Crippen molar-refractivity contribution in [2.75, 3.05) is 0 Å². The third-order valence-corrected chi connectivity index (χ3v) is 12.4.